The molecule has 1 fully saturated rings. The van der Waals surface area contributed by atoms with Gasteiger partial charge in [0, 0.05) is 0 Å². The highest BCUT2D eigenvalue weighted by Gasteiger charge is 2.55. The number of carbonyl (C=O) groups is 1. The molecule has 0 aliphatic carbocycles. The molecule has 6 atom stereocenters. The molecule has 3 aromatic rings. The Kier molecular flexibility index (Phi) is 8.81. The van der Waals surface area contributed by atoms with Gasteiger partial charge in [0.1, 0.15) is 29.4 Å². The average molecular weight is 590 g/mol. The number of carbonyl (C=O) groups excluding carboxylic acids is 1. The summed E-state index contributed by atoms with van der Waals surface area (Å²) in [5, 5.41) is 23.9. The quantitative estimate of drug-likeness (QED) is 0.217. The molecule has 3 heterocycles. The number of nitrogen functional groups attached to an aromatic ring is 1. The lowest BCUT2D eigenvalue weighted by atomic mass is 9.84. The second kappa shape index (κ2) is 12.0. The molecule has 2 aromatic heterocycles. The number of anilines is 1. The smallest absolute Gasteiger partial charge is 0.459 e. The second-order valence-electron chi connectivity index (χ2n) is 9.82. The fourth-order valence-electron chi connectivity index (χ4n) is 4.25. The van der Waals surface area contributed by atoms with Crippen LogP contribution in [0.5, 0.6) is 11.6 Å². The van der Waals surface area contributed by atoms with Crippen LogP contribution in [0.4, 0.5) is 5.95 Å². The van der Waals surface area contributed by atoms with Crippen LogP contribution in [0.2, 0.25) is 0 Å². The van der Waals surface area contributed by atoms with Crippen LogP contribution in [0.25, 0.3) is 11.2 Å². The molecule has 4 N–H and O–H groups in total. The number of nitrogens with two attached hydrogens (primary N) is 1. The Morgan fingerprint density at radius 3 is 2.66 bits per heavy atom. The van der Waals surface area contributed by atoms with E-state index >= 15 is 0 Å². The number of aromatic nitrogens is 4. The first-order valence-electron chi connectivity index (χ1n) is 12.7. The van der Waals surface area contributed by atoms with Crippen molar-refractivity contribution in [3.8, 4) is 17.7 Å². The van der Waals surface area contributed by atoms with Crippen LogP contribution in [0.1, 0.15) is 33.9 Å². The summed E-state index contributed by atoms with van der Waals surface area (Å²) in [7, 11) is -2.86. The minimum Gasteiger partial charge on any atom is -0.479 e. The number of hydrogen-bond donors (Lipinski definition) is 3. The number of esters is 1. The van der Waals surface area contributed by atoms with E-state index in [1.54, 1.807) is 44.2 Å². The normalized spacial score (nSPS) is 24.5. The topological polar surface area (TPSA) is 206 Å². The van der Waals surface area contributed by atoms with E-state index in [1.807, 2.05) is 0 Å². The number of aliphatic hydroxyl groups excluding tert-OH is 1. The summed E-state index contributed by atoms with van der Waals surface area (Å²) in [6.07, 6.45) is -2.71. The minimum atomic E-state index is -4.26. The third-order valence-corrected chi connectivity index (χ3v) is 7.96. The Balaban J connectivity index is 1.60. The van der Waals surface area contributed by atoms with Crippen molar-refractivity contribution in [1.29, 1.82) is 5.26 Å². The molecule has 0 spiro atoms. The first-order valence-corrected chi connectivity index (χ1v) is 14.2. The summed E-state index contributed by atoms with van der Waals surface area (Å²) in [5.74, 6) is -0.433. The molecule has 2 unspecified atom stereocenters. The number of imidazole rings is 1. The van der Waals surface area contributed by atoms with Gasteiger partial charge in [-0.05, 0) is 39.8 Å². The maximum absolute atomic E-state index is 13.8. The Hall–Kier alpha value is -3.80. The first-order chi connectivity index (χ1) is 19.4. The zero-order valence-electron chi connectivity index (χ0n) is 23.1. The molecule has 1 aliphatic heterocycles. The van der Waals surface area contributed by atoms with Gasteiger partial charge in [0.2, 0.25) is 11.8 Å². The van der Waals surface area contributed by atoms with Gasteiger partial charge >= 0.3 is 13.7 Å². The molecule has 0 saturated carbocycles. The standard InChI is InChI=1S/C25H32N7O8P/c1-14(2)38-22(34)15(3)31-41(35,40-16-9-7-6-8-10-16)37-11-17-19(33)25(4,12-26)23(39-17)32-13-28-18-20(32)29-24(27)30-21(18)36-5/h6-10,13-15,17,19,23,33H,11H2,1-5H3,(H,31,35)(H2,27,29,30)/t15-,17+,19+,23+,25?,41?/m0/s1. The van der Waals surface area contributed by atoms with Gasteiger partial charge in [-0.15, -0.1) is 0 Å². The number of fused-ring (bicyclic) bond motifs is 1. The maximum Gasteiger partial charge on any atom is 0.459 e. The average Bonchev–Trinajstić information content (AvgIpc) is 3.45. The molecule has 1 aromatic carbocycles. The van der Waals surface area contributed by atoms with E-state index in [1.165, 1.54) is 31.9 Å². The number of nitrogens with one attached hydrogen (secondary N) is 1. The van der Waals surface area contributed by atoms with E-state index in [-0.39, 0.29) is 28.7 Å². The highest BCUT2D eigenvalue weighted by atomic mass is 31.2. The van der Waals surface area contributed by atoms with Crippen molar-refractivity contribution in [2.45, 2.75) is 58.3 Å². The van der Waals surface area contributed by atoms with Crippen LogP contribution in [0.15, 0.2) is 36.7 Å². The zero-order chi connectivity index (χ0) is 29.9. The van der Waals surface area contributed by atoms with Crippen LogP contribution in [-0.4, -0.2) is 68.7 Å². The van der Waals surface area contributed by atoms with E-state index in [0.29, 0.717) is 0 Å². The van der Waals surface area contributed by atoms with Crippen molar-refractivity contribution >= 4 is 30.8 Å². The number of nitriles is 1. The molecule has 0 bridgehead atoms. The Morgan fingerprint density at radius 2 is 2.02 bits per heavy atom. The molecule has 15 nitrogen and oxygen atoms in total. The largest absolute Gasteiger partial charge is 0.479 e. The van der Waals surface area contributed by atoms with Gasteiger partial charge in [-0.1, -0.05) is 18.2 Å². The molecule has 41 heavy (non-hydrogen) atoms. The summed E-state index contributed by atoms with van der Waals surface area (Å²) in [6, 6.07) is 9.24. The monoisotopic (exact) mass is 589 g/mol. The van der Waals surface area contributed by atoms with Crippen molar-refractivity contribution in [2.24, 2.45) is 5.41 Å². The lowest BCUT2D eigenvalue weighted by Gasteiger charge is -2.26. The van der Waals surface area contributed by atoms with Crippen LogP contribution >= 0.6 is 7.75 Å². The molecule has 1 saturated heterocycles. The third-order valence-electron chi connectivity index (χ3n) is 6.31. The van der Waals surface area contributed by atoms with E-state index < -0.39 is 56.3 Å². The van der Waals surface area contributed by atoms with Gasteiger partial charge < -0.3 is 29.6 Å². The van der Waals surface area contributed by atoms with Crippen LogP contribution in [0, 0.1) is 16.7 Å². The van der Waals surface area contributed by atoms with E-state index in [0.717, 1.165) is 0 Å². The number of benzene rings is 1. The Morgan fingerprint density at radius 1 is 1.32 bits per heavy atom. The zero-order valence-corrected chi connectivity index (χ0v) is 24.0. The molecule has 4 rings (SSSR count). The van der Waals surface area contributed by atoms with Crippen molar-refractivity contribution in [2.75, 3.05) is 19.5 Å². The van der Waals surface area contributed by atoms with Gasteiger partial charge in [-0.3, -0.25) is 13.9 Å². The molecule has 1 aliphatic rings. The molecular formula is C25H32N7O8P. The van der Waals surface area contributed by atoms with Gasteiger partial charge in [-0.25, -0.2) is 9.55 Å². The van der Waals surface area contributed by atoms with E-state index in [4.69, 9.17) is 29.0 Å². The van der Waals surface area contributed by atoms with Gasteiger partial charge in [0.25, 0.3) is 0 Å². The van der Waals surface area contributed by atoms with Crippen LogP contribution in [-0.2, 0) is 23.4 Å². The van der Waals surface area contributed by atoms with E-state index in [9.17, 15) is 19.7 Å². The fourth-order valence-corrected chi connectivity index (χ4v) is 5.75. The van der Waals surface area contributed by atoms with Crippen molar-refractivity contribution in [3.05, 3.63) is 36.7 Å². The van der Waals surface area contributed by atoms with Gasteiger partial charge in [0.05, 0.1) is 32.2 Å². The highest BCUT2D eigenvalue weighted by Crippen LogP contribution is 2.49. The van der Waals surface area contributed by atoms with Crippen molar-refractivity contribution < 1.29 is 37.7 Å². The lowest BCUT2D eigenvalue weighted by Crippen LogP contribution is -2.39. The predicted molar refractivity (Wildman–Crippen MR) is 144 cm³/mol. The number of para-hydroxylation sites is 1. The molecule has 0 radical (unpaired) electrons. The summed E-state index contributed by atoms with van der Waals surface area (Å²) in [6.45, 7) is 5.83. The number of ether oxygens (including phenoxy) is 3. The lowest BCUT2D eigenvalue weighted by molar-refractivity contribution is -0.149. The number of methoxy groups -OCH3 is 1. The third kappa shape index (κ3) is 6.27. The predicted octanol–water partition coefficient (Wildman–Crippen LogP) is 2.34. The van der Waals surface area contributed by atoms with Crippen molar-refractivity contribution in [3.63, 3.8) is 0 Å². The minimum absolute atomic E-state index is 0.0941. The SMILES string of the molecule is COc1nc(N)nc2c1ncn2[C@@H]1O[C@H](COP(=O)(N[C@@H](C)C(=O)OC(C)C)Oc2ccccc2)[C@@H](O)C1(C)C#N. The molecule has 16 heteroatoms. The Bertz CT molecular complexity index is 1480. The summed E-state index contributed by atoms with van der Waals surface area (Å²) in [4.78, 5) is 24.9. The number of hydrogen-bond acceptors (Lipinski definition) is 13. The molecular weight excluding hydrogens is 557 g/mol. The number of rotatable bonds is 11. The van der Waals surface area contributed by atoms with Gasteiger partial charge in [0.15, 0.2) is 17.4 Å². The van der Waals surface area contributed by atoms with Gasteiger partial charge in [-0.2, -0.15) is 20.3 Å². The van der Waals surface area contributed by atoms with Crippen LogP contribution in [0.3, 0.4) is 0 Å². The summed E-state index contributed by atoms with van der Waals surface area (Å²) < 4.78 is 43.1. The second-order valence-corrected chi connectivity index (χ2v) is 11.5. The molecule has 0 amide bonds. The Labute approximate surface area is 236 Å². The number of aliphatic hydroxyl groups is 1. The highest BCUT2D eigenvalue weighted by molar-refractivity contribution is 7.52. The first kappa shape index (κ1) is 30.2. The number of nitrogens with zero attached hydrogens (tertiary/aromatic N) is 5. The van der Waals surface area contributed by atoms with Crippen LogP contribution < -0.4 is 20.1 Å². The fraction of sp³-hybridized carbons (Fsp3) is 0.480. The summed E-state index contributed by atoms with van der Waals surface area (Å²) >= 11 is 0. The molecule has 220 valence electrons. The van der Waals surface area contributed by atoms with E-state index in [2.05, 4.69) is 26.1 Å². The van der Waals surface area contributed by atoms with Crippen molar-refractivity contribution in [1.82, 2.24) is 24.6 Å². The maximum atomic E-state index is 13.8. The summed E-state index contributed by atoms with van der Waals surface area (Å²) in [5.41, 5.74) is 4.78.